The van der Waals surface area contributed by atoms with Crippen molar-refractivity contribution in [1.82, 2.24) is 0 Å². The van der Waals surface area contributed by atoms with Gasteiger partial charge in [-0.15, -0.1) is 0 Å². The first-order valence-corrected chi connectivity index (χ1v) is 9.28. The molecule has 4 nitrogen and oxygen atoms in total. The lowest BCUT2D eigenvalue weighted by Crippen LogP contribution is -2.45. The maximum Gasteiger partial charge on any atom is 0.303 e. The zero-order chi connectivity index (χ0) is 18.3. The van der Waals surface area contributed by atoms with Crippen molar-refractivity contribution in [1.29, 1.82) is 0 Å². The van der Waals surface area contributed by atoms with Crippen molar-refractivity contribution in [3.8, 4) is 0 Å². The number of carboxylic acids is 1. The summed E-state index contributed by atoms with van der Waals surface area (Å²) in [7, 11) is 0. The molecular weight excluding hydrogens is 316 g/mol. The largest absolute Gasteiger partial charge is 0.481 e. The maximum absolute atomic E-state index is 10.8. The van der Waals surface area contributed by atoms with Crippen LogP contribution in [0.2, 0.25) is 0 Å². The summed E-state index contributed by atoms with van der Waals surface area (Å²) in [5, 5.41) is 8.90. The van der Waals surface area contributed by atoms with Crippen molar-refractivity contribution in [2.45, 2.75) is 64.8 Å². The van der Waals surface area contributed by atoms with Crippen molar-refractivity contribution in [3.63, 3.8) is 0 Å². The van der Waals surface area contributed by atoms with Crippen molar-refractivity contribution in [3.05, 3.63) is 47.5 Å². The smallest absolute Gasteiger partial charge is 0.303 e. The predicted octanol–water partition coefficient (Wildman–Crippen LogP) is 5.11. The first-order valence-electron chi connectivity index (χ1n) is 9.28. The van der Waals surface area contributed by atoms with Crippen LogP contribution in [0.15, 0.2) is 42.0 Å². The van der Waals surface area contributed by atoms with Gasteiger partial charge in [-0.25, -0.2) is 0 Å². The molecule has 0 amide bonds. The van der Waals surface area contributed by atoms with Gasteiger partial charge in [-0.2, -0.15) is 0 Å². The number of hydrogen-bond donors (Lipinski definition) is 1. The van der Waals surface area contributed by atoms with E-state index in [0.29, 0.717) is 13.0 Å². The van der Waals surface area contributed by atoms with Gasteiger partial charge in [0.25, 0.3) is 0 Å². The molecule has 138 valence electrons. The average molecular weight is 346 g/mol. The second kappa shape index (κ2) is 9.16. The van der Waals surface area contributed by atoms with Crippen LogP contribution in [0.5, 0.6) is 0 Å². The Morgan fingerprint density at radius 3 is 2.48 bits per heavy atom. The van der Waals surface area contributed by atoms with Gasteiger partial charge in [-0.1, -0.05) is 55.8 Å². The summed E-state index contributed by atoms with van der Waals surface area (Å²) in [6, 6.07) is 10.3. The molecule has 1 aliphatic heterocycles. The van der Waals surface area contributed by atoms with E-state index < -0.39 is 11.8 Å². The van der Waals surface area contributed by atoms with E-state index in [0.717, 1.165) is 24.8 Å². The highest BCUT2D eigenvalue weighted by Crippen LogP contribution is 2.43. The molecule has 1 aliphatic rings. The van der Waals surface area contributed by atoms with Gasteiger partial charge in [0.05, 0.1) is 12.7 Å². The fourth-order valence-corrected chi connectivity index (χ4v) is 3.53. The number of carbonyl (C=O) groups is 1. The fourth-order valence-electron chi connectivity index (χ4n) is 3.53. The Hall–Kier alpha value is -1.65. The number of allylic oxidation sites excluding steroid dienone is 1. The summed E-state index contributed by atoms with van der Waals surface area (Å²) in [6.45, 7) is 6.80. The topological polar surface area (TPSA) is 55.8 Å². The van der Waals surface area contributed by atoms with E-state index in [2.05, 4.69) is 32.1 Å². The van der Waals surface area contributed by atoms with Gasteiger partial charge in [-0.05, 0) is 38.2 Å². The van der Waals surface area contributed by atoms with Crippen LogP contribution in [0.3, 0.4) is 0 Å². The van der Waals surface area contributed by atoms with Crippen LogP contribution in [0.4, 0.5) is 0 Å². The number of aliphatic carboxylic acids is 1. The first kappa shape index (κ1) is 19.7. The maximum atomic E-state index is 10.8. The Morgan fingerprint density at radius 1 is 1.24 bits per heavy atom. The SMILES string of the molecule is C/C=C(/CCCC(=O)O)[C@@H]1COC(CC)(CC)O[C@@H]1c1ccccc1. The minimum absolute atomic E-state index is 0.0640. The van der Waals surface area contributed by atoms with Gasteiger partial charge in [0.2, 0.25) is 0 Å². The Balaban J connectivity index is 2.23. The van der Waals surface area contributed by atoms with Crippen LogP contribution in [0.1, 0.15) is 64.5 Å². The molecule has 1 N–H and O–H groups in total. The molecule has 1 fully saturated rings. The Morgan fingerprint density at radius 2 is 1.92 bits per heavy atom. The van der Waals surface area contributed by atoms with Crippen LogP contribution in [-0.2, 0) is 14.3 Å². The zero-order valence-corrected chi connectivity index (χ0v) is 15.5. The quantitative estimate of drug-likeness (QED) is 0.665. The third kappa shape index (κ3) is 4.93. The van der Waals surface area contributed by atoms with E-state index in [-0.39, 0.29) is 18.4 Å². The molecule has 1 saturated heterocycles. The Bertz CT molecular complexity index is 575. The van der Waals surface area contributed by atoms with Crippen molar-refractivity contribution in [2.75, 3.05) is 6.61 Å². The summed E-state index contributed by atoms with van der Waals surface area (Å²) >= 11 is 0. The van der Waals surface area contributed by atoms with Gasteiger partial charge in [0.15, 0.2) is 5.79 Å². The van der Waals surface area contributed by atoms with Gasteiger partial charge in [0.1, 0.15) is 0 Å². The lowest BCUT2D eigenvalue weighted by atomic mass is 9.85. The number of hydrogen-bond acceptors (Lipinski definition) is 3. The second-order valence-corrected chi connectivity index (χ2v) is 6.60. The minimum Gasteiger partial charge on any atom is -0.481 e. The molecule has 4 heteroatoms. The van der Waals surface area contributed by atoms with Gasteiger partial charge in [0, 0.05) is 12.3 Å². The number of rotatable bonds is 8. The summed E-state index contributed by atoms with van der Waals surface area (Å²) < 4.78 is 12.7. The molecular formula is C21H30O4. The van der Waals surface area contributed by atoms with Crippen LogP contribution in [0, 0.1) is 5.92 Å². The number of benzene rings is 1. The van der Waals surface area contributed by atoms with Crippen LogP contribution < -0.4 is 0 Å². The molecule has 0 saturated carbocycles. The number of carboxylic acid groups (broad SMARTS) is 1. The monoisotopic (exact) mass is 346 g/mol. The lowest BCUT2D eigenvalue weighted by Gasteiger charge is -2.45. The van der Waals surface area contributed by atoms with Crippen LogP contribution >= 0.6 is 0 Å². The summed E-state index contributed by atoms with van der Waals surface area (Å²) in [5.74, 6) is -1.16. The Kier molecular flexibility index (Phi) is 7.21. The van der Waals surface area contributed by atoms with Gasteiger partial charge >= 0.3 is 5.97 Å². The van der Waals surface area contributed by atoms with Crippen molar-refractivity contribution in [2.24, 2.45) is 5.92 Å². The molecule has 0 spiro atoms. The summed E-state index contributed by atoms with van der Waals surface area (Å²) in [4.78, 5) is 10.8. The lowest BCUT2D eigenvalue weighted by molar-refractivity contribution is -0.312. The minimum atomic E-state index is -0.748. The highest BCUT2D eigenvalue weighted by molar-refractivity contribution is 5.66. The third-order valence-electron chi connectivity index (χ3n) is 5.14. The van der Waals surface area contributed by atoms with E-state index >= 15 is 0 Å². The Labute approximate surface area is 150 Å². The average Bonchev–Trinajstić information content (AvgIpc) is 2.65. The van der Waals surface area contributed by atoms with Gasteiger partial charge in [-0.3, -0.25) is 4.79 Å². The fraction of sp³-hybridized carbons (Fsp3) is 0.571. The molecule has 1 aromatic rings. The molecule has 25 heavy (non-hydrogen) atoms. The van der Waals surface area contributed by atoms with E-state index in [1.54, 1.807) is 0 Å². The molecule has 0 unspecified atom stereocenters. The molecule has 0 radical (unpaired) electrons. The zero-order valence-electron chi connectivity index (χ0n) is 15.5. The van der Waals surface area contributed by atoms with Crippen LogP contribution in [-0.4, -0.2) is 23.5 Å². The van der Waals surface area contributed by atoms with Crippen LogP contribution in [0.25, 0.3) is 0 Å². The molecule has 0 aromatic heterocycles. The molecule has 2 rings (SSSR count). The highest BCUT2D eigenvalue weighted by atomic mass is 16.7. The number of ether oxygens (including phenoxy) is 2. The van der Waals surface area contributed by atoms with Gasteiger partial charge < -0.3 is 14.6 Å². The first-order chi connectivity index (χ1) is 12.0. The van der Waals surface area contributed by atoms with Crippen molar-refractivity contribution < 1.29 is 19.4 Å². The van der Waals surface area contributed by atoms with E-state index in [9.17, 15) is 4.79 Å². The normalized spacial score (nSPS) is 23.4. The predicted molar refractivity (Wildman–Crippen MR) is 98.3 cm³/mol. The standard InChI is InChI=1S/C21H30O4/c1-4-16(13-10-14-19(22)23)18-15-24-21(5-2,6-3)25-20(18)17-11-8-7-9-12-17/h4,7-9,11-12,18,20H,5-6,10,13-15H2,1-3H3,(H,22,23)/b16-4-/t18-,20+/m0/s1. The van der Waals surface area contributed by atoms with Crippen molar-refractivity contribution >= 4 is 5.97 Å². The third-order valence-corrected chi connectivity index (χ3v) is 5.14. The summed E-state index contributed by atoms with van der Waals surface area (Å²) in [6.07, 6.45) is 5.24. The highest BCUT2D eigenvalue weighted by Gasteiger charge is 2.42. The molecule has 1 aromatic carbocycles. The van der Waals surface area contributed by atoms with E-state index in [1.165, 1.54) is 5.57 Å². The molecule has 2 atom stereocenters. The molecule has 0 aliphatic carbocycles. The van der Waals surface area contributed by atoms with E-state index in [1.807, 2.05) is 25.1 Å². The van der Waals surface area contributed by atoms with E-state index in [4.69, 9.17) is 14.6 Å². The summed E-state index contributed by atoms with van der Waals surface area (Å²) in [5.41, 5.74) is 2.37. The second-order valence-electron chi connectivity index (χ2n) is 6.60. The molecule has 0 bridgehead atoms. The molecule has 1 heterocycles.